The molecule has 1 aromatic carbocycles. The van der Waals surface area contributed by atoms with Gasteiger partial charge in [0.2, 0.25) is 0 Å². The number of benzene rings is 1. The Hall–Kier alpha value is -1.49. The van der Waals surface area contributed by atoms with Crippen molar-refractivity contribution >= 4 is 23.1 Å². The van der Waals surface area contributed by atoms with Crippen LogP contribution in [-0.2, 0) is 0 Å². The molecule has 1 rings (SSSR count). The van der Waals surface area contributed by atoms with E-state index in [4.69, 9.17) is 5.73 Å². The highest BCUT2D eigenvalue weighted by atomic mass is 32.2. The van der Waals surface area contributed by atoms with Gasteiger partial charge in [-0.1, -0.05) is 6.08 Å². The first-order valence-electron chi connectivity index (χ1n) is 3.92. The van der Waals surface area contributed by atoms with Gasteiger partial charge in [0.15, 0.2) is 0 Å². The Morgan fingerprint density at radius 2 is 2.36 bits per heavy atom. The number of nitrogen functional groups attached to an aromatic ring is 1. The number of hydrogen-bond donors (Lipinski definition) is 1. The van der Waals surface area contributed by atoms with Gasteiger partial charge in [0.25, 0.3) is 5.69 Å². The normalized spacial score (nSPS) is 9.71. The van der Waals surface area contributed by atoms with Gasteiger partial charge in [-0.3, -0.25) is 10.1 Å². The molecule has 0 aromatic heterocycles. The number of thioether (sulfide) groups is 1. The van der Waals surface area contributed by atoms with Crippen LogP contribution in [0.15, 0.2) is 35.7 Å². The molecule has 0 amide bonds. The summed E-state index contributed by atoms with van der Waals surface area (Å²) in [4.78, 5) is 10.9. The van der Waals surface area contributed by atoms with Gasteiger partial charge in [0.05, 0.1) is 4.92 Å². The summed E-state index contributed by atoms with van der Waals surface area (Å²) in [6.07, 6.45) is 1.77. The Kier molecular flexibility index (Phi) is 3.53. The summed E-state index contributed by atoms with van der Waals surface area (Å²) in [5, 5.41) is 10.4. The predicted octanol–water partition coefficient (Wildman–Crippen LogP) is 2.46. The van der Waals surface area contributed by atoms with Crippen LogP contribution >= 0.6 is 11.8 Å². The van der Waals surface area contributed by atoms with Crippen molar-refractivity contribution in [2.24, 2.45) is 0 Å². The number of anilines is 1. The molecule has 0 saturated heterocycles. The zero-order valence-corrected chi connectivity index (χ0v) is 8.29. The Morgan fingerprint density at radius 1 is 1.64 bits per heavy atom. The minimum atomic E-state index is -0.489. The molecular formula is C9H10N2O2S. The average Bonchev–Trinajstić information content (AvgIpc) is 2.14. The quantitative estimate of drug-likeness (QED) is 0.272. The van der Waals surface area contributed by atoms with Crippen molar-refractivity contribution in [3.05, 3.63) is 41.0 Å². The van der Waals surface area contributed by atoms with E-state index in [0.29, 0.717) is 0 Å². The number of rotatable bonds is 4. The summed E-state index contributed by atoms with van der Waals surface area (Å²) in [7, 11) is 0. The lowest BCUT2D eigenvalue weighted by atomic mass is 10.3. The third kappa shape index (κ3) is 2.50. The Labute approximate surface area is 86.0 Å². The first-order chi connectivity index (χ1) is 6.65. The molecule has 0 atom stereocenters. The Balaban J connectivity index is 2.88. The molecule has 1 aromatic rings. The van der Waals surface area contributed by atoms with E-state index in [1.807, 2.05) is 0 Å². The van der Waals surface area contributed by atoms with Crippen molar-refractivity contribution in [2.45, 2.75) is 4.90 Å². The molecule has 4 nitrogen and oxygen atoms in total. The highest BCUT2D eigenvalue weighted by molar-refractivity contribution is 7.99. The van der Waals surface area contributed by atoms with E-state index < -0.39 is 4.92 Å². The standard InChI is InChI=1S/C9H10N2O2S/c1-2-5-14-7-3-4-9(11(12)13)8(10)6-7/h2-4,6H,1,5,10H2. The molecule has 5 heteroatoms. The fraction of sp³-hybridized carbons (Fsp3) is 0.111. The lowest BCUT2D eigenvalue weighted by Gasteiger charge is -2.00. The summed E-state index contributed by atoms with van der Waals surface area (Å²) in [6.45, 7) is 3.58. The van der Waals surface area contributed by atoms with Gasteiger partial charge in [0, 0.05) is 16.7 Å². The molecule has 0 heterocycles. The molecule has 0 saturated carbocycles. The first-order valence-corrected chi connectivity index (χ1v) is 4.91. The number of nitro benzene ring substituents is 1. The minimum Gasteiger partial charge on any atom is -0.393 e. The average molecular weight is 210 g/mol. The number of nitrogens with two attached hydrogens (primary N) is 1. The van der Waals surface area contributed by atoms with Crippen LogP contribution in [0.5, 0.6) is 0 Å². The molecule has 0 spiro atoms. The van der Waals surface area contributed by atoms with Gasteiger partial charge in [-0.2, -0.15) is 0 Å². The molecule has 0 bridgehead atoms. The summed E-state index contributed by atoms with van der Waals surface area (Å²) < 4.78 is 0. The van der Waals surface area contributed by atoms with Crippen LogP contribution in [-0.4, -0.2) is 10.7 Å². The first kappa shape index (κ1) is 10.6. The summed E-state index contributed by atoms with van der Waals surface area (Å²) >= 11 is 1.53. The molecule has 0 radical (unpaired) electrons. The third-order valence-corrected chi connectivity index (χ3v) is 2.55. The van der Waals surface area contributed by atoms with Gasteiger partial charge >= 0.3 is 0 Å². The van der Waals surface area contributed by atoms with Crippen molar-refractivity contribution in [2.75, 3.05) is 11.5 Å². The van der Waals surface area contributed by atoms with Crippen LogP contribution in [0.2, 0.25) is 0 Å². The molecule has 0 unspecified atom stereocenters. The molecule has 0 aliphatic rings. The second-order valence-corrected chi connectivity index (χ2v) is 3.67. The van der Waals surface area contributed by atoms with Crippen molar-refractivity contribution < 1.29 is 4.92 Å². The van der Waals surface area contributed by atoms with Crippen LogP contribution in [0.25, 0.3) is 0 Å². The van der Waals surface area contributed by atoms with Gasteiger partial charge < -0.3 is 5.73 Å². The Bertz CT molecular complexity index is 366. The second kappa shape index (κ2) is 4.66. The van der Waals surface area contributed by atoms with Crippen molar-refractivity contribution in [3.8, 4) is 0 Å². The lowest BCUT2D eigenvalue weighted by Crippen LogP contribution is -1.95. The molecule has 0 aliphatic heterocycles. The smallest absolute Gasteiger partial charge is 0.292 e. The maximum atomic E-state index is 10.4. The molecular weight excluding hydrogens is 200 g/mol. The second-order valence-electron chi connectivity index (χ2n) is 2.58. The summed E-state index contributed by atoms with van der Waals surface area (Å²) in [5.74, 6) is 0.761. The Morgan fingerprint density at radius 3 is 2.86 bits per heavy atom. The van der Waals surface area contributed by atoms with E-state index in [0.717, 1.165) is 10.6 Å². The molecule has 0 fully saturated rings. The maximum Gasteiger partial charge on any atom is 0.292 e. The largest absolute Gasteiger partial charge is 0.393 e. The zero-order chi connectivity index (χ0) is 10.6. The van der Waals surface area contributed by atoms with Crippen molar-refractivity contribution in [1.29, 1.82) is 0 Å². The van der Waals surface area contributed by atoms with E-state index in [9.17, 15) is 10.1 Å². The van der Waals surface area contributed by atoms with E-state index in [1.165, 1.54) is 17.8 Å². The summed E-state index contributed by atoms with van der Waals surface area (Å²) in [5.41, 5.74) is 5.66. The zero-order valence-electron chi connectivity index (χ0n) is 7.47. The van der Waals surface area contributed by atoms with Gasteiger partial charge in [0.1, 0.15) is 5.69 Å². The highest BCUT2D eigenvalue weighted by Crippen LogP contribution is 2.27. The number of hydrogen-bond acceptors (Lipinski definition) is 4. The lowest BCUT2D eigenvalue weighted by molar-refractivity contribution is -0.383. The topological polar surface area (TPSA) is 69.2 Å². The minimum absolute atomic E-state index is 0.0482. The van der Waals surface area contributed by atoms with Crippen molar-refractivity contribution in [3.63, 3.8) is 0 Å². The highest BCUT2D eigenvalue weighted by Gasteiger charge is 2.10. The van der Waals surface area contributed by atoms with Crippen LogP contribution in [0.4, 0.5) is 11.4 Å². The van der Waals surface area contributed by atoms with Crippen LogP contribution in [0.1, 0.15) is 0 Å². The van der Waals surface area contributed by atoms with E-state index in [-0.39, 0.29) is 11.4 Å². The van der Waals surface area contributed by atoms with Gasteiger partial charge in [-0.25, -0.2) is 0 Å². The van der Waals surface area contributed by atoms with E-state index in [1.54, 1.807) is 18.2 Å². The van der Waals surface area contributed by atoms with Crippen LogP contribution in [0.3, 0.4) is 0 Å². The van der Waals surface area contributed by atoms with Gasteiger partial charge in [-0.15, -0.1) is 18.3 Å². The fourth-order valence-electron chi connectivity index (χ4n) is 0.944. The van der Waals surface area contributed by atoms with Crippen molar-refractivity contribution in [1.82, 2.24) is 0 Å². The third-order valence-electron chi connectivity index (χ3n) is 1.56. The number of nitro groups is 1. The molecule has 2 N–H and O–H groups in total. The van der Waals surface area contributed by atoms with Crippen LogP contribution in [0, 0.1) is 10.1 Å². The molecule has 14 heavy (non-hydrogen) atoms. The predicted molar refractivity (Wildman–Crippen MR) is 58.4 cm³/mol. The van der Waals surface area contributed by atoms with E-state index in [2.05, 4.69) is 6.58 Å². The van der Waals surface area contributed by atoms with Gasteiger partial charge in [-0.05, 0) is 12.1 Å². The molecule has 74 valence electrons. The van der Waals surface area contributed by atoms with E-state index >= 15 is 0 Å². The number of nitrogens with zero attached hydrogens (tertiary/aromatic N) is 1. The van der Waals surface area contributed by atoms with Crippen LogP contribution < -0.4 is 5.73 Å². The SMILES string of the molecule is C=CCSc1ccc([N+](=O)[O-])c(N)c1. The monoisotopic (exact) mass is 210 g/mol. The maximum absolute atomic E-state index is 10.4. The summed E-state index contributed by atoms with van der Waals surface area (Å²) in [6, 6.07) is 4.70. The fourth-order valence-corrected chi connectivity index (χ4v) is 1.63. The molecule has 0 aliphatic carbocycles.